The van der Waals surface area contributed by atoms with Gasteiger partial charge in [-0.1, -0.05) is 0 Å². The number of hydrogen-bond donors (Lipinski definition) is 1. The summed E-state index contributed by atoms with van der Waals surface area (Å²) in [7, 11) is 1.66. The van der Waals surface area contributed by atoms with Gasteiger partial charge in [-0.05, 0) is 20.4 Å². The van der Waals surface area contributed by atoms with Gasteiger partial charge in [-0.3, -0.25) is 4.68 Å². The molecular formula is C10H16F3N3. The fraction of sp³-hybridized carbons (Fsp3) is 0.700. The van der Waals surface area contributed by atoms with E-state index in [1.54, 1.807) is 24.1 Å². The normalized spacial score (nSPS) is 14.1. The summed E-state index contributed by atoms with van der Waals surface area (Å²) in [5.74, 6) is 0. The highest BCUT2D eigenvalue weighted by Gasteiger charge is 2.28. The van der Waals surface area contributed by atoms with Crippen molar-refractivity contribution in [2.75, 3.05) is 7.05 Å². The predicted molar refractivity (Wildman–Crippen MR) is 55.0 cm³/mol. The zero-order chi connectivity index (χ0) is 12.2. The van der Waals surface area contributed by atoms with E-state index in [0.717, 1.165) is 12.1 Å². The first-order chi connectivity index (χ1) is 7.46. The smallest absolute Gasteiger partial charge is 0.313 e. The van der Waals surface area contributed by atoms with Crippen molar-refractivity contribution in [3.8, 4) is 0 Å². The molecule has 16 heavy (non-hydrogen) atoms. The number of alkyl halides is 3. The second-order valence-electron chi connectivity index (χ2n) is 3.62. The van der Waals surface area contributed by atoms with Crippen molar-refractivity contribution < 1.29 is 13.2 Å². The summed E-state index contributed by atoms with van der Waals surface area (Å²) in [6.45, 7) is 2.65. The van der Waals surface area contributed by atoms with Crippen molar-refractivity contribution in [3.63, 3.8) is 0 Å². The van der Waals surface area contributed by atoms with Gasteiger partial charge < -0.3 is 5.32 Å². The van der Waals surface area contributed by atoms with Crippen LogP contribution < -0.4 is 5.32 Å². The molecule has 3 nitrogen and oxygen atoms in total. The molecule has 1 heterocycles. The van der Waals surface area contributed by atoms with Gasteiger partial charge in [0.05, 0.1) is 6.20 Å². The molecule has 1 unspecified atom stereocenters. The van der Waals surface area contributed by atoms with E-state index in [1.165, 1.54) is 0 Å². The van der Waals surface area contributed by atoms with E-state index in [2.05, 4.69) is 10.4 Å². The Hall–Kier alpha value is -1.04. The van der Waals surface area contributed by atoms with Crippen LogP contribution >= 0.6 is 0 Å². The van der Waals surface area contributed by atoms with Gasteiger partial charge in [-0.25, -0.2) is 0 Å². The molecule has 0 aromatic carbocycles. The highest BCUT2D eigenvalue weighted by Crippen LogP contribution is 2.27. The Balaban J connectivity index is 2.60. The Kier molecular flexibility index (Phi) is 4.35. The standard InChI is InChI=1S/C10H16F3N3/c1-3-16-7-8(6-15-16)9(14-2)4-5-10(11,12)13/h6-7,9,14H,3-5H2,1-2H3. The third-order valence-corrected chi connectivity index (χ3v) is 2.44. The first kappa shape index (κ1) is 13.0. The molecule has 0 amide bonds. The quantitative estimate of drug-likeness (QED) is 0.849. The van der Waals surface area contributed by atoms with E-state index in [1.807, 2.05) is 6.92 Å². The zero-order valence-electron chi connectivity index (χ0n) is 9.38. The third-order valence-electron chi connectivity index (χ3n) is 2.44. The number of nitrogens with zero attached hydrogens (tertiary/aromatic N) is 2. The SMILES string of the molecule is CCn1cc(C(CCC(F)(F)F)NC)cn1. The Morgan fingerprint density at radius 1 is 1.50 bits per heavy atom. The lowest BCUT2D eigenvalue weighted by Gasteiger charge is -2.15. The summed E-state index contributed by atoms with van der Waals surface area (Å²) in [5, 5.41) is 6.92. The lowest BCUT2D eigenvalue weighted by molar-refractivity contribution is -0.136. The van der Waals surface area contributed by atoms with Crippen molar-refractivity contribution in [2.45, 2.75) is 38.5 Å². The molecule has 0 aliphatic carbocycles. The summed E-state index contributed by atoms with van der Waals surface area (Å²) < 4.78 is 38.0. The van der Waals surface area contributed by atoms with Gasteiger partial charge in [0.1, 0.15) is 0 Å². The van der Waals surface area contributed by atoms with Gasteiger partial charge >= 0.3 is 6.18 Å². The minimum absolute atomic E-state index is 0.0371. The molecule has 1 aromatic rings. The minimum Gasteiger partial charge on any atom is -0.313 e. The Morgan fingerprint density at radius 2 is 2.19 bits per heavy atom. The summed E-state index contributed by atoms with van der Waals surface area (Å²) >= 11 is 0. The molecule has 0 spiro atoms. The zero-order valence-corrected chi connectivity index (χ0v) is 9.38. The monoisotopic (exact) mass is 235 g/mol. The predicted octanol–water partition coefficient (Wildman–Crippen LogP) is 2.51. The molecule has 0 saturated heterocycles. The average Bonchev–Trinajstić information content (AvgIpc) is 2.65. The van der Waals surface area contributed by atoms with Crippen LogP contribution in [0.2, 0.25) is 0 Å². The molecule has 0 fully saturated rings. The topological polar surface area (TPSA) is 29.9 Å². The summed E-state index contributed by atoms with van der Waals surface area (Å²) in [6, 6.07) is -0.290. The van der Waals surface area contributed by atoms with Crippen LogP contribution in [0.15, 0.2) is 12.4 Å². The molecule has 0 bridgehead atoms. The Morgan fingerprint density at radius 3 is 2.62 bits per heavy atom. The first-order valence-electron chi connectivity index (χ1n) is 5.22. The molecule has 92 valence electrons. The molecule has 0 aliphatic heterocycles. The van der Waals surface area contributed by atoms with Gasteiger partial charge in [-0.15, -0.1) is 0 Å². The highest BCUT2D eigenvalue weighted by atomic mass is 19.4. The lowest BCUT2D eigenvalue weighted by Crippen LogP contribution is -2.19. The van der Waals surface area contributed by atoms with Gasteiger partial charge in [0.15, 0.2) is 0 Å². The highest BCUT2D eigenvalue weighted by molar-refractivity contribution is 5.10. The second-order valence-corrected chi connectivity index (χ2v) is 3.62. The third kappa shape index (κ3) is 3.84. The fourth-order valence-corrected chi connectivity index (χ4v) is 1.52. The summed E-state index contributed by atoms with van der Waals surface area (Å²) in [5.41, 5.74) is 0.800. The van der Waals surface area contributed by atoms with Crippen molar-refractivity contribution in [3.05, 3.63) is 18.0 Å². The van der Waals surface area contributed by atoms with Crippen molar-refractivity contribution >= 4 is 0 Å². The molecule has 1 rings (SSSR count). The lowest BCUT2D eigenvalue weighted by atomic mass is 10.1. The van der Waals surface area contributed by atoms with Crippen LogP contribution in [0.4, 0.5) is 13.2 Å². The van der Waals surface area contributed by atoms with Crippen LogP contribution in [-0.2, 0) is 6.54 Å². The fourth-order valence-electron chi connectivity index (χ4n) is 1.52. The molecule has 0 radical (unpaired) electrons. The van der Waals surface area contributed by atoms with Crippen molar-refractivity contribution in [1.82, 2.24) is 15.1 Å². The van der Waals surface area contributed by atoms with Gasteiger partial charge in [0.25, 0.3) is 0 Å². The van der Waals surface area contributed by atoms with E-state index >= 15 is 0 Å². The van der Waals surface area contributed by atoms with E-state index in [-0.39, 0.29) is 12.5 Å². The number of halogens is 3. The molecule has 1 N–H and O–H groups in total. The van der Waals surface area contributed by atoms with Crippen molar-refractivity contribution in [1.29, 1.82) is 0 Å². The molecule has 6 heteroatoms. The van der Waals surface area contributed by atoms with E-state index < -0.39 is 12.6 Å². The Bertz CT molecular complexity index is 319. The largest absolute Gasteiger partial charge is 0.389 e. The summed E-state index contributed by atoms with van der Waals surface area (Å²) in [6.07, 6.45) is -1.46. The molecular weight excluding hydrogens is 219 g/mol. The molecule has 1 aromatic heterocycles. The van der Waals surface area contributed by atoms with Crippen LogP contribution in [0, 0.1) is 0 Å². The van der Waals surface area contributed by atoms with Crippen LogP contribution in [-0.4, -0.2) is 23.0 Å². The molecule has 0 aliphatic rings. The van der Waals surface area contributed by atoms with E-state index in [0.29, 0.717) is 0 Å². The van der Waals surface area contributed by atoms with Crippen molar-refractivity contribution in [2.24, 2.45) is 0 Å². The van der Waals surface area contributed by atoms with Crippen LogP contribution in [0.5, 0.6) is 0 Å². The van der Waals surface area contributed by atoms with Gasteiger partial charge in [0, 0.05) is 30.8 Å². The Labute approximate surface area is 92.6 Å². The second kappa shape index (κ2) is 5.34. The maximum absolute atomic E-state index is 12.1. The number of rotatable bonds is 5. The molecule has 0 saturated carbocycles. The van der Waals surface area contributed by atoms with Crippen LogP contribution in [0.1, 0.15) is 31.4 Å². The van der Waals surface area contributed by atoms with Crippen LogP contribution in [0.3, 0.4) is 0 Å². The van der Waals surface area contributed by atoms with E-state index in [4.69, 9.17) is 0 Å². The number of aryl methyl sites for hydroxylation is 1. The first-order valence-corrected chi connectivity index (χ1v) is 5.22. The summed E-state index contributed by atoms with van der Waals surface area (Å²) in [4.78, 5) is 0. The number of aromatic nitrogens is 2. The van der Waals surface area contributed by atoms with Crippen LogP contribution in [0.25, 0.3) is 0 Å². The number of hydrogen-bond acceptors (Lipinski definition) is 2. The number of nitrogens with one attached hydrogen (secondary N) is 1. The van der Waals surface area contributed by atoms with Gasteiger partial charge in [0.2, 0.25) is 0 Å². The average molecular weight is 235 g/mol. The maximum Gasteiger partial charge on any atom is 0.389 e. The minimum atomic E-state index is -4.10. The van der Waals surface area contributed by atoms with E-state index in [9.17, 15) is 13.2 Å². The maximum atomic E-state index is 12.1. The van der Waals surface area contributed by atoms with Gasteiger partial charge in [-0.2, -0.15) is 18.3 Å². The molecule has 1 atom stereocenters.